The highest BCUT2D eigenvalue weighted by molar-refractivity contribution is 6.31. The van der Waals surface area contributed by atoms with E-state index in [9.17, 15) is 9.59 Å². The van der Waals surface area contributed by atoms with Gasteiger partial charge < -0.3 is 15.5 Å². The number of carbonyl (C=O) groups is 2. The fourth-order valence-corrected chi connectivity index (χ4v) is 5.90. The zero-order chi connectivity index (χ0) is 25.1. The van der Waals surface area contributed by atoms with Gasteiger partial charge in [0.25, 0.3) is 5.91 Å². The molecule has 0 bridgehead atoms. The topological polar surface area (TPSA) is 100 Å². The van der Waals surface area contributed by atoms with Crippen molar-refractivity contribution in [2.75, 3.05) is 22.1 Å². The van der Waals surface area contributed by atoms with Crippen molar-refractivity contribution in [3.8, 4) is 0 Å². The molecule has 1 aliphatic carbocycles. The maximum atomic E-state index is 13.3. The number of benzene rings is 2. The maximum absolute atomic E-state index is 13.3. The Morgan fingerprint density at radius 2 is 1.86 bits per heavy atom. The Kier molecular flexibility index (Phi) is 4.81. The number of hydrogen-bond donors (Lipinski definition) is 2. The van der Waals surface area contributed by atoms with E-state index >= 15 is 0 Å². The Bertz CT molecular complexity index is 1620. The summed E-state index contributed by atoms with van der Waals surface area (Å²) in [4.78, 5) is 40.9. The highest BCUT2D eigenvalue weighted by Gasteiger charge is 2.51. The van der Waals surface area contributed by atoms with Crippen LogP contribution in [0.25, 0.3) is 0 Å². The van der Waals surface area contributed by atoms with Gasteiger partial charge in [-0.1, -0.05) is 29.8 Å². The van der Waals surface area contributed by atoms with Crippen LogP contribution < -0.4 is 15.5 Å². The van der Waals surface area contributed by atoms with Gasteiger partial charge in [-0.25, -0.2) is 15.0 Å². The second kappa shape index (κ2) is 8.11. The van der Waals surface area contributed by atoms with Crippen molar-refractivity contribution in [1.29, 1.82) is 0 Å². The maximum Gasteiger partial charge on any atom is 0.277 e. The van der Waals surface area contributed by atoms with Crippen molar-refractivity contribution >= 4 is 46.4 Å². The predicted molar refractivity (Wildman–Crippen MR) is 141 cm³/mol. The number of nitrogens with zero attached hydrogens (tertiary/aromatic N) is 4. The summed E-state index contributed by atoms with van der Waals surface area (Å²) in [6.45, 7) is 0.583. The summed E-state index contributed by atoms with van der Waals surface area (Å²) in [5, 5.41) is 6.84. The van der Waals surface area contributed by atoms with Gasteiger partial charge in [0.15, 0.2) is 0 Å². The molecule has 4 heterocycles. The van der Waals surface area contributed by atoms with Crippen LogP contribution in [0.4, 0.5) is 23.0 Å². The predicted octanol–water partition coefficient (Wildman–Crippen LogP) is 4.46. The number of hydrogen-bond acceptors (Lipinski definition) is 6. The van der Waals surface area contributed by atoms with Crippen LogP contribution in [0.3, 0.4) is 0 Å². The summed E-state index contributed by atoms with van der Waals surface area (Å²) >= 11 is 6.17. The molecule has 1 spiro atoms. The van der Waals surface area contributed by atoms with E-state index in [1.54, 1.807) is 17.2 Å². The van der Waals surface area contributed by atoms with E-state index in [2.05, 4.69) is 25.6 Å². The highest BCUT2D eigenvalue weighted by atomic mass is 35.5. The van der Waals surface area contributed by atoms with Gasteiger partial charge in [0, 0.05) is 40.8 Å². The summed E-state index contributed by atoms with van der Waals surface area (Å²) in [6, 6.07) is 17.2. The number of fused-ring (bicyclic) bond motifs is 4. The number of halogens is 1. The molecule has 0 saturated heterocycles. The third-order valence-electron chi connectivity index (χ3n) is 7.53. The van der Waals surface area contributed by atoms with Crippen molar-refractivity contribution < 1.29 is 9.59 Å². The molecule has 2 aliphatic heterocycles. The Hall–Kier alpha value is -4.30. The molecule has 7 rings (SSSR count). The van der Waals surface area contributed by atoms with Crippen LogP contribution in [0.1, 0.15) is 32.7 Å². The van der Waals surface area contributed by atoms with E-state index in [1.807, 2.05) is 48.5 Å². The lowest BCUT2D eigenvalue weighted by Gasteiger charge is -2.20. The Labute approximate surface area is 217 Å². The number of carbonyl (C=O) groups excluding carboxylic acids is 2. The number of pyridine rings is 1. The van der Waals surface area contributed by atoms with Crippen LogP contribution >= 0.6 is 11.6 Å². The van der Waals surface area contributed by atoms with E-state index < -0.39 is 5.41 Å². The van der Waals surface area contributed by atoms with E-state index in [0.29, 0.717) is 41.7 Å². The average Bonchev–Trinajstić information content (AvgIpc) is 3.57. The van der Waals surface area contributed by atoms with E-state index in [4.69, 9.17) is 11.6 Å². The van der Waals surface area contributed by atoms with Crippen LogP contribution in [0.15, 0.2) is 67.1 Å². The van der Waals surface area contributed by atoms with Gasteiger partial charge in [-0.3, -0.25) is 9.59 Å². The largest absolute Gasteiger partial charge is 0.340 e. The first kappa shape index (κ1) is 21.9. The van der Waals surface area contributed by atoms with Crippen molar-refractivity contribution in [1.82, 2.24) is 15.0 Å². The minimum atomic E-state index is -0.617. The molecule has 1 atom stereocenters. The molecule has 1 unspecified atom stereocenters. The molecule has 2 aromatic heterocycles. The zero-order valence-electron chi connectivity index (χ0n) is 19.7. The summed E-state index contributed by atoms with van der Waals surface area (Å²) in [5.74, 6) is 0.974. The van der Waals surface area contributed by atoms with Crippen LogP contribution in [0.2, 0.25) is 5.02 Å². The van der Waals surface area contributed by atoms with Gasteiger partial charge in [-0.15, -0.1) is 0 Å². The van der Waals surface area contributed by atoms with Crippen LogP contribution in [-0.2, 0) is 29.5 Å². The van der Waals surface area contributed by atoms with Crippen molar-refractivity contribution in [3.05, 3.63) is 100 Å². The van der Waals surface area contributed by atoms with Crippen LogP contribution in [0, 0.1) is 0 Å². The summed E-state index contributed by atoms with van der Waals surface area (Å²) in [6.07, 6.45) is 5.11. The van der Waals surface area contributed by atoms with Crippen molar-refractivity contribution in [3.63, 3.8) is 0 Å². The lowest BCUT2D eigenvalue weighted by atomic mass is 9.79. The second-order valence-corrected chi connectivity index (χ2v) is 10.1. The summed E-state index contributed by atoms with van der Waals surface area (Å²) in [5.41, 5.74) is 5.63. The Balaban J connectivity index is 1.13. The first-order valence-electron chi connectivity index (χ1n) is 12.1. The molecule has 2 amide bonds. The standard InChI is InChI=1S/C28H21ClN6O2/c29-19-5-3-16-7-9-35(23(16)11-19)26(36)22-12-24(32-15-31-22)33-20-6-4-17-13-28(14-18(17)10-20)21-2-1-8-30-25(21)34-27(28)37/h1-6,8,10-12,15H,7,9,13-14H2,(H,30,34,37)(H,31,32,33). The normalized spacial score (nSPS) is 18.9. The number of anilines is 4. The zero-order valence-corrected chi connectivity index (χ0v) is 20.4. The second-order valence-electron chi connectivity index (χ2n) is 9.67. The molecule has 9 heteroatoms. The monoisotopic (exact) mass is 508 g/mol. The third-order valence-corrected chi connectivity index (χ3v) is 7.76. The number of aromatic nitrogens is 3. The SMILES string of the molecule is O=C(c1cc(Nc2ccc3c(c2)CC2(C3)C(=O)Nc3ncccc32)ncn1)N1CCc2ccc(Cl)cc21. The molecule has 182 valence electrons. The number of nitrogens with one attached hydrogen (secondary N) is 2. The smallest absolute Gasteiger partial charge is 0.277 e. The first-order chi connectivity index (χ1) is 18.0. The fraction of sp³-hybridized carbons (Fsp3) is 0.179. The molecule has 4 aromatic rings. The molecule has 37 heavy (non-hydrogen) atoms. The van der Waals surface area contributed by atoms with Gasteiger partial charge in [0.1, 0.15) is 23.7 Å². The molecule has 2 N–H and O–H groups in total. The molecule has 8 nitrogen and oxygen atoms in total. The van der Waals surface area contributed by atoms with E-state index in [1.165, 1.54) is 6.33 Å². The Morgan fingerprint density at radius 1 is 1.00 bits per heavy atom. The van der Waals surface area contributed by atoms with Gasteiger partial charge in [0.2, 0.25) is 5.91 Å². The fourth-order valence-electron chi connectivity index (χ4n) is 5.74. The lowest BCUT2D eigenvalue weighted by Crippen LogP contribution is -2.35. The van der Waals surface area contributed by atoms with Crippen molar-refractivity contribution in [2.45, 2.75) is 24.7 Å². The summed E-state index contributed by atoms with van der Waals surface area (Å²) in [7, 11) is 0. The van der Waals surface area contributed by atoms with Gasteiger partial charge in [-0.05, 0) is 66.3 Å². The van der Waals surface area contributed by atoms with E-state index in [-0.39, 0.29) is 11.8 Å². The van der Waals surface area contributed by atoms with Gasteiger partial charge in [0.05, 0.1) is 5.41 Å². The van der Waals surface area contributed by atoms with Crippen molar-refractivity contribution in [2.24, 2.45) is 0 Å². The van der Waals surface area contributed by atoms with Gasteiger partial charge >= 0.3 is 0 Å². The van der Waals surface area contributed by atoms with Crippen LogP contribution in [-0.4, -0.2) is 33.3 Å². The number of rotatable bonds is 3. The molecule has 0 fully saturated rings. The molecular formula is C28H21ClN6O2. The average molecular weight is 509 g/mol. The highest BCUT2D eigenvalue weighted by Crippen LogP contribution is 2.47. The molecule has 0 saturated carbocycles. The quantitative estimate of drug-likeness (QED) is 0.424. The third kappa shape index (κ3) is 3.48. The first-order valence-corrected chi connectivity index (χ1v) is 12.5. The van der Waals surface area contributed by atoms with Gasteiger partial charge in [-0.2, -0.15) is 0 Å². The minimum absolute atomic E-state index is 0.00404. The van der Waals surface area contributed by atoms with Crippen LogP contribution in [0.5, 0.6) is 0 Å². The van der Waals surface area contributed by atoms with E-state index in [0.717, 1.165) is 40.0 Å². The molecular weight excluding hydrogens is 488 g/mol. The molecule has 0 radical (unpaired) electrons. The number of amides is 2. The molecule has 3 aliphatic rings. The molecule has 2 aromatic carbocycles. The lowest BCUT2D eigenvalue weighted by molar-refractivity contribution is -0.120. The Morgan fingerprint density at radius 3 is 2.78 bits per heavy atom. The summed E-state index contributed by atoms with van der Waals surface area (Å²) < 4.78 is 0. The minimum Gasteiger partial charge on any atom is -0.340 e.